The lowest BCUT2D eigenvalue weighted by atomic mass is 10.1. The van der Waals surface area contributed by atoms with Crippen LogP contribution in [0.4, 0.5) is 18.9 Å². The van der Waals surface area contributed by atoms with Gasteiger partial charge in [0.25, 0.3) is 0 Å². The molecular weight excluding hydrogens is 359 g/mol. The lowest BCUT2D eigenvalue weighted by molar-refractivity contribution is -0.137. The summed E-state index contributed by atoms with van der Waals surface area (Å²) in [4.78, 5) is 13.1. The summed E-state index contributed by atoms with van der Waals surface area (Å²) in [6, 6.07) is 12.0. The fourth-order valence-corrected chi connectivity index (χ4v) is 2.41. The molecule has 1 amide bonds. The number of carbonyl (C=O) groups excluding carboxylic acids is 1. The fourth-order valence-electron chi connectivity index (χ4n) is 2.41. The largest absolute Gasteiger partial charge is 0.416 e. The number of halogens is 3. The molecule has 140 valence electrons. The van der Waals surface area contributed by atoms with Gasteiger partial charge in [-0.2, -0.15) is 18.0 Å². The highest BCUT2D eigenvalue weighted by Gasteiger charge is 2.30. The Hall–Kier alpha value is -3.23. The van der Waals surface area contributed by atoms with Gasteiger partial charge in [-0.05, 0) is 41.5 Å². The molecule has 1 aromatic heterocycles. The number of aryl methyl sites for hydroxylation is 1. The molecule has 0 atom stereocenters. The Morgan fingerprint density at radius 1 is 1.15 bits per heavy atom. The van der Waals surface area contributed by atoms with E-state index in [1.54, 1.807) is 12.1 Å². The summed E-state index contributed by atoms with van der Waals surface area (Å²) in [6.45, 7) is 1.83. The number of rotatable bonds is 5. The number of anilines is 1. The molecule has 1 heterocycles. The highest BCUT2D eigenvalue weighted by Crippen LogP contribution is 2.31. The monoisotopic (exact) mass is 375 g/mol. The Balaban J connectivity index is 1.68. The zero-order valence-electron chi connectivity index (χ0n) is 14.4. The topological polar surface area (TPSA) is 72.7 Å². The molecule has 0 radical (unpaired) electrons. The number of carbonyl (C=O) groups is 1. The average molecular weight is 375 g/mol. The molecule has 0 bridgehead atoms. The van der Waals surface area contributed by atoms with Crippen LogP contribution in [0.3, 0.4) is 0 Å². The summed E-state index contributed by atoms with van der Waals surface area (Å²) in [5.74, 6) is -0.353. The molecule has 9 heteroatoms. The van der Waals surface area contributed by atoms with Crippen LogP contribution in [0, 0.1) is 0 Å². The van der Waals surface area contributed by atoms with Crippen LogP contribution in [0.5, 0.6) is 0 Å². The van der Waals surface area contributed by atoms with E-state index in [0.29, 0.717) is 5.69 Å². The van der Waals surface area contributed by atoms with Crippen molar-refractivity contribution in [3.05, 3.63) is 59.7 Å². The summed E-state index contributed by atoms with van der Waals surface area (Å²) in [7, 11) is 0. The molecule has 0 fully saturated rings. The maximum absolute atomic E-state index is 12.8. The molecule has 0 saturated carbocycles. The number of nitrogens with zero attached hydrogens (tertiary/aromatic N) is 4. The van der Waals surface area contributed by atoms with Gasteiger partial charge >= 0.3 is 6.18 Å². The lowest BCUT2D eigenvalue weighted by Gasteiger charge is -2.06. The maximum Gasteiger partial charge on any atom is 0.416 e. The Kier molecular flexibility index (Phi) is 5.20. The van der Waals surface area contributed by atoms with E-state index in [2.05, 4.69) is 20.7 Å². The van der Waals surface area contributed by atoms with Gasteiger partial charge in [0.1, 0.15) is 6.54 Å². The molecule has 6 nitrogen and oxygen atoms in total. The summed E-state index contributed by atoms with van der Waals surface area (Å²) >= 11 is 0. The number of aromatic nitrogens is 4. The molecule has 0 aliphatic heterocycles. The normalized spacial score (nSPS) is 11.4. The van der Waals surface area contributed by atoms with Crippen molar-refractivity contribution in [1.29, 1.82) is 0 Å². The minimum absolute atomic E-state index is 0.0150. The molecular formula is C18H16F3N5O. The van der Waals surface area contributed by atoms with Crippen LogP contribution in [0.2, 0.25) is 0 Å². The van der Waals surface area contributed by atoms with E-state index in [1.165, 1.54) is 12.1 Å². The number of tetrazole rings is 1. The van der Waals surface area contributed by atoms with Crippen molar-refractivity contribution in [2.45, 2.75) is 26.1 Å². The first-order valence-electron chi connectivity index (χ1n) is 8.19. The molecule has 0 unspecified atom stereocenters. The summed E-state index contributed by atoms with van der Waals surface area (Å²) in [5, 5.41) is 14.1. The molecule has 0 aliphatic carbocycles. The van der Waals surface area contributed by atoms with E-state index in [1.807, 2.05) is 19.1 Å². The quantitative estimate of drug-likeness (QED) is 0.740. The van der Waals surface area contributed by atoms with Crippen molar-refractivity contribution in [1.82, 2.24) is 20.2 Å². The van der Waals surface area contributed by atoms with Gasteiger partial charge in [-0.15, -0.1) is 10.2 Å². The third-order valence-corrected chi connectivity index (χ3v) is 3.83. The number of benzene rings is 2. The Bertz CT molecular complexity index is 935. The third kappa shape index (κ3) is 4.69. The van der Waals surface area contributed by atoms with Crippen LogP contribution in [-0.2, 0) is 23.9 Å². The zero-order chi connectivity index (χ0) is 19.4. The van der Waals surface area contributed by atoms with Crippen molar-refractivity contribution in [2.75, 3.05) is 5.32 Å². The van der Waals surface area contributed by atoms with Crippen molar-refractivity contribution in [3.63, 3.8) is 0 Å². The molecule has 0 saturated heterocycles. The Morgan fingerprint density at radius 3 is 2.56 bits per heavy atom. The van der Waals surface area contributed by atoms with Gasteiger partial charge in [0.15, 0.2) is 0 Å². The first-order valence-corrected chi connectivity index (χ1v) is 8.19. The molecule has 3 aromatic rings. The minimum Gasteiger partial charge on any atom is -0.324 e. The second-order valence-corrected chi connectivity index (χ2v) is 5.82. The summed E-state index contributed by atoms with van der Waals surface area (Å²) in [6.07, 6.45) is -3.56. The predicted molar refractivity (Wildman–Crippen MR) is 92.7 cm³/mol. The number of nitrogens with one attached hydrogen (secondary N) is 1. The van der Waals surface area contributed by atoms with Gasteiger partial charge in [-0.25, -0.2) is 0 Å². The van der Waals surface area contributed by atoms with Gasteiger partial charge in [-0.3, -0.25) is 4.79 Å². The van der Waals surface area contributed by atoms with Crippen LogP contribution < -0.4 is 5.32 Å². The van der Waals surface area contributed by atoms with Crippen LogP contribution in [0.25, 0.3) is 11.4 Å². The van der Waals surface area contributed by atoms with Gasteiger partial charge in [-0.1, -0.05) is 31.2 Å². The molecule has 27 heavy (non-hydrogen) atoms. The average Bonchev–Trinajstić information content (AvgIpc) is 3.10. The summed E-state index contributed by atoms with van der Waals surface area (Å²) in [5.41, 5.74) is 1.16. The van der Waals surface area contributed by atoms with E-state index < -0.39 is 11.7 Å². The number of hydrogen-bond donors (Lipinski definition) is 1. The fraction of sp³-hybridized carbons (Fsp3) is 0.222. The first kappa shape index (κ1) is 18.6. The number of amides is 1. The highest BCUT2D eigenvalue weighted by atomic mass is 19.4. The number of alkyl halides is 3. The van der Waals surface area contributed by atoms with E-state index in [-0.39, 0.29) is 23.8 Å². The third-order valence-electron chi connectivity index (χ3n) is 3.83. The molecule has 3 rings (SSSR count). The van der Waals surface area contributed by atoms with Crippen molar-refractivity contribution in [2.24, 2.45) is 0 Å². The highest BCUT2D eigenvalue weighted by molar-refractivity contribution is 5.90. The van der Waals surface area contributed by atoms with Crippen LogP contribution in [-0.4, -0.2) is 26.1 Å². The molecule has 0 spiro atoms. The van der Waals surface area contributed by atoms with E-state index in [9.17, 15) is 18.0 Å². The van der Waals surface area contributed by atoms with E-state index in [4.69, 9.17) is 0 Å². The second-order valence-electron chi connectivity index (χ2n) is 5.82. The summed E-state index contributed by atoms with van der Waals surface area (Å²) < 4.78 is 38.4. The van der Waals surface area contributed by atoms with Crippen LogP contribution in [0.15, 0.2) is 48.5 Å². The van der Waals surface area contributed by atoms with Crippen LogP contribution in [0.1, 0.15) is 18.1 Å². The minimum atomic E-state index is -4.46. The van der Waals surface area contributed by atoms with Crippen molar-refractivity contribution in [3.8, 4) is 11.4 Å². The first-order chi connectivity index (χ1) is 12.8. The molecule has 2 aromatic carbocycles. The molecule has 0 aliphatic rings. The Labute approximate surface area is 153 Å². The second kappa shape index (κ2) is 7.56. The van der Waals surface area contributed by atoms with Crippen LogP contribution >= 0.6 is 0 Å². The number of hydrogen-bond acceptors (Lipinski definition) is 4. The standard InChI is InChI=1S/C18H16F3N5O/c1-2-12-6-8-15(9-7-12)22-16(27)11-26-24-17(23-25-26)13-4-3-5-14(10-13)18(19,20)21/h3-10H,2,11H2,1H3,(H,22,27). The van der Waals surface area contributed by atoms with E-state index in [0.717, 1.165) is 28.9 Å². The zero-order valence-corrected chi connectivity index (χ0v) is 14.4. The van der Waals surface area contributed by atoms with E-state index >= 15 is 0 Å². The van der Waals surface area contributed by atoms with Crippen molar-refractivity contribution < 1.29 is 18.0 Å². The van der Waals surface area contributed by atoms with Gasteiger partial charge in [0.2, 0.25) is 11.7 Å². The predicted octanol–water partition coefficient (Wildman–Crippen LogP) is 3.56. The van der Waals surface area contributed by atoms with Gasteiger partial charge in [0, 0.05) is 11.3 Å². The van der Waals surface area contributed by atoms with Gasteiger partial charge in [0.05, 0.1) is 5.56 Å². The Morgan fingerprint density at radius 2 is 1.89 bits per heavy atom. The lowest BCUT2D eigenvalue weighted by Crippen LogP contribution is -2.20. The SMILES string of the molecule is CCc1ccc(NC(=O)Cn2nnc(-c3cccc(C(F)(F)F)c3)n2)cc1. The van der Waals surface area contributed by atoms with Gasteiger partial charge < -0.3 is 5.32 Å². The van der Waals surface area contributed by atoms with Crippen molar-refractivity contribution >= 4 is 11.6 Å². The maximum atomic E-state index is 12.8. The molecule has 1 N–H and O–H groups in total. The smallest absolute Gasteiger partial charge is 0.324 e.